The minimum absolute atomic E-state index is 0.221. The summed E-state index contributed by atoms with van der Waals surface area (Å²) >= 11 is 0. The van der Waals surface area contributed by atoms with Crippen LogP contribution >= 0.6 is 0 Å². The number of fused-ring (bicyclic) bond motifs is 7. The molecule has 1 fully saturated rings. The summed E-state index contributed by atoms with van der Waals surface area (Å²) in [6, 6.07) is 12.7. The molecule has 2 aliphatic rings. The summed E-state index contributed by atoms with van der Waals surface area (Å²) in [5, 5.41) is 4.98. The predicted molar refractivity (Wildman–Crippen MR) is 134 cm³/mol. The number of benzene rings is 1. The lowest BCUT2D eigenvalue weighted by Gasteiger charge is -2.22. The van der Waals surface area contributed by atoms with Crippen LogP contribution in [0.3, 0.4) is 0 Å². The summed E-state index contributed by atoms with van der Waals surface area (Å²) < 4.78 is 8.63. The first kappa shape index (κ1) is 20.9. The maximum absolute atomic E-state index is 6.46. The average molecular weight is 452 g/mol. The number of aryl methyl sites for hydroxylation is 2. The minimum Gasteiger partial charge on any atom is -0.482 e. The van der Waals surface area contributed by atoms with E-state index in [4.69, 9.17) is 20.6 Å². The molecule has 6 rings (SSSR count). The van der Waals surface area contributed by atoms with Crippen molar-refractivity contribution in [2.75, 3.05) is 5.73 Å². The van der Waals surface area contributed by atoms with Crippen molar-refractivity contribution in [2.45, 2.75) is 52.7 Å². The first-order valence-corrected chi connectivity index (χ1v) is 12.0. The van der Waals surface area contributed by atoms with Gasteiger partial charge in [0.1, 0.15) is 6.10 Å². The van der Waals surface area contributed by atoms with Crippen LogP contribution in [0.2, 0.25) is 0 Å². The number of rotatable bonds is 2. The summed E-state index contributed by atoms with van der Waals surface area (Å²) in [6.07, 6.45) is 6.78. The number of hydrogen-bond acceptors (Lipinski definition) is 5. The summed E-state index contributed by atoms with van der Waals surface area (Å²) in [7, 11) is 0. The van der Waals surface area contributed by atoms with Crippen molar-refractivity contribution in [3.8, 4) is 28.3 Å². The lowest BCUT2D eigenvalue weighted by Crippen LogP contribution is -2.10. The van der Waals surface area contributed by atoms with E-state index >= 15 is 0 Å². The van der Waals surface area contributed by atoms with E-state index in [0.717, 1.165) is 46.7 Å². The first-order valence-electron chi connectivity index (χ1n) is 12.0. The molecule has 0 unspecified atom stereocenters. The van der Waals surface area contributed by atoms with Crippen LogP contribution in [0.25, 0.3) is 22.5 Å². The molecule has 0 spiro atoms. The molecule has 4 heterocycles. The van der Waals surface area contributed by atoms with Crippen LogP contribution < -0.4 is 10.5 Å². The fraction of sp³-hybridized carbons (Fsp3) is 0.321. The van der Waals surface area contributed by atoms with Gasteiger partial charge in [0.15, 0.2) is 11.6 Å². The minimum atomic E-state index is -0.221. The average Bonchev–Trinajstić information content (AvgIpc) is 3.58. The van der Waals surface area contributed by atoms with E-state index < -0.39 is 0 Å². The van der Waals surface area contributed by atoms with Gasteiger partial charge in [0.25, 0.3) is 0 Å². The molecule has 0 amide bonds. The second kappa shape index (κ2) is 7.97. The number of nitrogen functional groups attached to an aromatic ring is 1. The number of hydrogen-bond donors (Lipinski definition) is 1. The highest BCUT2D eigenvalue weighted by molar-refractivity contribution is 5.72. The van der Waals surface area contributed by atoms with Crippen molar-refractivity contribution >= 4 is 5.82 Å². The van der Waals surface area contributed by atoms with E-state index in [-0.39, 0.29) is 6.10 Å². The molecule has 0 saturated heterocycles. The van der Waals surface area contributed by atoms with Crippen molar-refractivity contribution in [1.82, 2.24) is 19.7 Å². The number of ether oxygens (including phenoxy) is 1. The molecule has 3 aromatic heterocycles. The first-order chi connectivity index (χ1) is 16.5. The molecule has 34 heavy (non-hydrogen) atoms. The summed E-state index contributed by atoms with van der Waals surface area (Å²) in [5.74, 6) is 1.69. The van der Waals surface area contributed by atoms with E-state index in [1.165, 1.54) is 29.5 Å². The molecule has 1 aromatic carbocycles. The lowest BCUT2D eigenvalue weighted by molar-refractivity contribution is 0.228. The maximum atomic E-state index is 6.46. The highest BCUT2D eigenvalue weighted by Gasteiger charge is 2.28. The molecule has 2 bridgehead atoms. The van der Waals surface area contributed by atoms with Crippen molar-refractivity contribution in [3.05, 3.63) is 76.7 Å². The van der Waals surface area contributed by atoms with E-state index in [2.05, 4.69) is 54.7 Å². The van der Waals surface area contributed by atoms with E-state index in [1.807, 2.05) is 24.5 Å². The van der Waals surface area contributed by atoms with Crippen LogP contribution in [0, 0.1) is 19.8 Å². The van der Waals surface area contributed by atoms with E-state index in [0.29, 0.717) is 17.5 Å². The van der Waals surface area contributed by atoms with Crippen molar-refractivity contribution in [3.63, 3.8) is 0 Å². The van der Waals surface area contributed by atoms with Gasteiger partial charge in [-0.05, 0) is 57.2 Å². The Morgan fingerprint density at radius 2 is 1.97 bits per heavy atom. The molecule has 0 radical (unpaired) electrons. The third-order valence-corrected chi connectivity index (χ3v) is 7.00. The number of nitrogens with two attached hydrogens (primary N) is 1. The molecule has 1 aliphatic carbocycles. The second-order valence-corrected chi connectivity index (χ2v) is 9.68. The van der Waals surface area contributed by atoms with Gasteiger partial charge >= 0.3 is 0 Å². The van der Waals surface area contributed by atoms with Crippen molar-refractivity contribution in [2.24, 2.45) is 5.92 Å². The van der Waals surface area contributed by atoms with Gasteiger partial charge in [-0.1, -0.05) is 29.8 Å². The Labute approximate surface area is 199 Å². The zero-order valence-corrected chi connectivity index (χ0v) is 19.9. The fourth-order valence-electron chi connectivity index (χ4n) is 5.01. The van der Waals surface area contributed by atoms with Crippen LogP contribution in [0.4, 0.5) is 5.82 Å². The Morgan fingerprint density at radius 1 is 1.12 bits per heavy atom. The van der Waals surface area contributed by atoms with Gasteiger partial charge < -0.3 is 10.5 Å². The molecule has 1 aliphatic heterocycles. The maximum Gasteiger partial charge on any atom is 0.166 e. The van der Waals surface area contributed by atoms with Crippen molar-refractivity contribution < 1.29 is 4.74 Å². The highest BCUT2D eigenvalue weighted by Crippen LogP contribution is 2.40. The number of pyridine rings is 2. The molecule has 2 N–H and O–H groups in total. The Kier molecular flexibility index (Phi) is 4.90. The van der Waals surface area contributed by atoms with E-state index in [1.54, 1.807) is 0 Å². The fourth-order valence-corrected chi connectivity index (χ4v) is 5.01. The number of aromatic nitrogens is 4. The normalized spacial score (nSPS) is 17.0. The van der Waals surface area contributed by atoms with Crippen LogP contribution in [-0.2, 0) is 13.0 Å². The molecule has 6 heteroatoms. The van der Waals surface area contributed by atoms with Crippen LogP contribution in [0.15, 0.2) is 48.8 Å². The molecular formula is C28H29N5O. The Balaban J connectivity index is 1.63. The smallest absolute Gasteiger partial charge is 0.166 e. The second-order valence-electron chi connectivity index (χ2n) is 9.68. The molecule has 4 aromatic rings. The van der Waals surface area contributed by atoms with Gasteiger partial charge in [-0.2, -0.15) is 5.10 Å². The van der Waals surface area contributed by atoms with Gasteiger partial charge in [-0.25, -0.2) is 4.98 Å². The molecule has 1 saturated carbocycles. The monoisotopic (exact) mass is 451 g/mol. The molecular weight excluding hydrogens is 422 g/mol. The van der Waals surface area contributed by atoms with Gasteiger partial charge in [-0.3, -0.25) is 9.67 Å². The number of anilines is 1. The Hall–Kier alpha value is -3.67. The van der Waals surface area contributed by atoms with Gasteiger partial charge in [0, 0.05) is 47.6 Å². The van der Waals surface area contributed by atoms with E-state index in [9.17, 15) is 0 Å². The standard InChI is InChI=1S/C28H29N5O/c1-16-6-9-22-24(11-16)18(3)34-25-13-21(14-31-28(25)29)27-23(12-20-5-4-10-30-26(20)22)17(2)32-33(27)15-19-7-8-19/h4-6,9-11,13-14,18-19H,7-8,12,15H2,1-3H3,(H2,29,31)/t18-/m1/s1. The van der Waals surface area contributed by atoms with Crippen LogP contribution in [0.5, 0.6) is 5.75 Å². The molecule has 172 valence electrons. The third-order valence-electron chi connectivity index (χ3n) is 7.00. The largest absolute Gasteiger partial charge is 0.482 e. The Morgan fingerprint density at radius 3 is 2.79 bits per heavy atom. The zero-order valence-electron chi connectivity index (χ0n) is 19.9. The summed E-state index contributed by atoms with van der Waals surface area (Å²) in [5.41, 5.74) is 16.1. The van der Waals surface area contributed by atoms with Gasteiger partial charge in [-0.15, -0.1) is 0 Å². The predicted octanol–water partition coefficient (Wildman–Crippen LogP) is 5.66. The van der Waals surface area contributed by atoms with Crippen molar-refractivity contribution in [1.29, 1.82) is 0 Å². The van der Waals surface area contributed by atoms with Gasteiger partial charge in [0.2, 0.25) is 0 Å². The lowest BCUT2D eigenvalue weighted by atomic mass is 9.92. The SMILES string of the molecule is Cc1ccc2c(c1)[C@@H](C)Oc1cc(cnc1N)-c1c(c(C)nn1CC1CC1)Cc1cccnc1-2. The summed E-state index contributed by atoms with van der Waals surface area (Å²) in [4.78, 5) is 9.37. The van der Waals surface area contributed by atoms with Crippen LogP contribution in [0.1, 0.15) is 53.8 Å². The summed E-state index contributed by atoms with van der Waals surface area (Å²) in [6.45, 7) is 7.19. The Bertz CT molecular complexity index is 1400. The number of nitrogens with zero attached hydrogens (tertiary/aromatic N) is 4. The topological polar surface area (TPSA) is 78.9 Å². The molecule has 1 atom stereocenters. The zero-order chi connectivity index (χ0) is 23.4. The van der Waals surface area contributed by atoms with Gasteiger partial charge in [0.05, 0.1) is 17.1 Å². The quantitative estimate of drug-likeness (QED) is 0.425. The highest BCUT2D eigenvalue weighted by atomic mass is 16.5. The third kappa shape index (κ3) is 3.63. The van der Waals surface area contributed by atoms with Crippen LogP contribution in [-0.4, -0.2) is 19.7 Å². The molecule has 6 nitrogen and oxygen atoms in total.